The van der Waals surface area contributed by atoms with Crippen LogP contribution in [0.5, 0.6) is 0 Å². The fraction of sp³-hybridized carbons (Fsp3) is 0.273. The molecular weight excluding hydrogens is 132 g/mol. The summed E-state index contributed by atoms with van der Waals surface area (Å²) in [5.41, 5.74) is 1.39. The maximum absolute atomic E-state index is 2.17. The van der Waals surface area contributed by atoms with E-state index in [9.17, 15) is 0 Å². The lowest BCUT2D eigenvalue weighted by Crippen LogP contribution is -1.66. The molecule has 0 bridgehead atoms. The first-order chi connectivity index (χ1) is 5.43. The van der Waals surface area contributed by atoms with Crippen LogP contribution in [0.4, 0.5) is 0 Å². The van der Waals surface area contributed by atoms with Gasteiger partial charge >= 0.3 is 0 Å². The molecule has 0 radical (unpaired) electrons. The van der Waals surface area contributed by atoms with E-state index in [0.717, 1.165) is 12.8 Å². The van der Waals surface area contributed by atoms with Gasteiger partial charge < -0.3 is 0 Å². The van der Waals surface area contributed by atoms with Crippen LogP contribution in [0.25, 0.3) is 0 Å². The monoisotopic (exact) mass is 146 g/mol. The molecule has 0 saturated carbocycles. The van der Waals surface area contributed by atoms with Crippen molar-refractivity contribution in [3.63, 3.8) is 0 Å². The molecule has 0 fully saturated rings. The Hall–Kier alpha value is -1.04. The molecule has 0 aromatic carbocycles. The molecule has 0 heterocycles. The first-order valence-corrected chi connectivity index (χ1v) is 4.12. The SMILES string of the molecule is CCC=CC=CC1=CC=CC1. The lowest BCUT2D eigenvalue weighted by Gasteiger charge is -1.86. The van der Waals surface area contributed by atoms with E-state index in [4.69, 9.17) is 0 Å². The average Bonchev–Trinajstić information content (AvgIpc) is 2.50. The zero-order valence-electron chi connectivity index (χ0n) is 6.96. The molecule has 0 aliphatic heterocycles. The van der Waals surface area contributed by atoms with Crippen LogP contribution in [0, 0.1) is 0 Å². The van der Waals surface area contributed by atoms with Gasteiger partial charge in [0.05, 0.1) is 0 Å². The summed E-state index contributed by atoms with van der Waals surface area (Å²) < 4.78 is 0. The number of hydrogen-bond acceptors (Lipinski definition) is 0. The average molecular weight is 146 g/mol. The predicted molar refractivity (Wildman–Crippen MR) is 50.4 cm³/mol. The molecule has 1 aliphatic carbocycles. The fourth-order valence-corrected chi connectivity index (χ4v) is 0.981. The minimum atomic E-state index is 1.09. The summed E-state index contributed by atoms with van der Waals surface area (Å²) >= 11 is 0. The Morgan fingerprint density at radius 2 is 2.36 bits per heavy atom. The van der Waals surface area contributed by atoms with Gasteiger partial charge in [0.2, 0.25) is 0 Å². The van der Waals surface area contributed by atoms with E-state index in [-0.39, 0.29) is 0 Å². The van der Waals surface area contributed by atoms with E-state index in [2.05, 4.69) is 49.5 Å². The lowest BCUT2D eigenvalue weighted by molar-refractivity contribution is 1.22. The third kappa shape index (κ3) is 3.03. The molecule has 0 aromatic heterocycles. The van der Waals surface area contributed by atoms with Gasteiger partial charge in [-0.3, -0.25) is 0 Å². The summed E-state index contributed by atoms with van der Waals surface area (Å²) in [6, 6.07) is 0. The molecule has 0 atom stereocenters. The van der Waals surface area contributed by atoms with Gasteiger partial charge in [-0.2, -0.15) is 0 Å². The third-order valence-corrected chi connectivity index (χ3v) is 1.59. The van der Waals surface area contributed by atoms with Crippen LogP contribution in [-0.2, 0) is 0 Å². The highest BCUT2D eigenvalue weighted by molar-refractivity contribution is 5.32. The maximum Gasteiger partial charge on any atom is -0.00943 e. The van der Waals surface area contributed by atoms with E-state index >= 15 is 0 Å². The molecule has 0 N–H and O–H groups in total. The molecule has 11 heavy (non-hydrogen) atoms. The summed E-state index contributed by atoms with van der Waals surface area (Å²) in [5.74, 6) is 0. The lowest BCUT2D eigenvalue weighted by atomic mass is 10.2. The molecule has 0 spiro atoms. The highest BCUT2D eigenvalue weighted by Gasteiger charge is 1.90. The van der Waals surface area contributed by atoms with Crippen LogP contribution in [0.15, 0.2) is 48.1 Å². The van der Waals surface area contributed by atoms with Crippen LogP contribution < -0.4 is 0 Å². The summed E-state index contributed by atoms with van der Waals surface area (Å²) in [6.45, 7) is 2.14. The van der Waals surface area contributed by atoms with Crippen molar-refractivity contribution in [3.8, 4) is 0 Å². The van der Waals surface area contributed by atoms with Crippen LogP contribution in [-0.4, -0.2) is 0 Å². The summed E-state index contributed by atoms with van der Waals surface area (Å²) in [5, 5.41) is 0. The Morgan fingerprint density at radius 3 is 3.00 bits per heavy atom. The van der Waals surface area contributed by atoms with Crippen molar-refractivity contribution < 1.29 is 0 Å². The summed E-state index contributed by atoms with van der Waals surface area (Å²) in [6.07, 6.45) is 17.1. The smallest absolute Gasteiger partial charge is 0.00943 e. The van der Waals surface area contributed by atoms with Crippen LogP contribution in [0.1, 0.15) is 19.8 Å². The highest BCUT2D eigenvalue weighted by atomic mass is 14.0. The van der Waals surface area contributed by atoms with Gasteiger partial charge in [-0.1, -0.05) is 49.5 Å². The first-order valence-electron chi connectivity index (χ1n) is 4.12. The predicted octanol–water partition coefficient (Wildman–Crippen LogP) is 3.40. The third-order valence-electron chi connectivity index (χ3n) is 1.59. The van der Waals surface area contributed by atoms with Crippen molar-refractivity contribution in [2.24, 2.45) is 0 Å². The van der Waals surface area contributed by atoms with Crippen molar-refractivity contribution in [1.29, 1.82) is 0 Å². The standard InChI is InChI=1S/C11H14/c1-2-3-4-5-8-11-9-6-7-10-11/h3-9H,2,10H2,1H3. The van der Waals surface area contributed by atoms with Gasteiger partial charge in [0.25, 0.3) is 0 Å². The Balaban J connectivity index is 2.30. The Morgan fingerprint density at radius 1 is 1.45 bits per heavy atom. The molecule has 0 saturated heterocycles. The largest absolute Gasteiger partial charge is 0.0848 e. The quantitative estimate of drug-likeness (QED) is 0.535. The second-order valence-corrected chi connectivity index (χ2v) is 2.57. The molecule has 0 amide bonds. The van der Waals surface area contributed by atoms with E-state index in [1.165, 1.54) is 5.57 Å². The second kappa shape index (κ2) is 4.73. The Bertz CT molecular complexity index is 214. The van der Waals surface area contributed by atoms with Crippen LogP contribution >= 0.6 is 0 Å². The zero-order chi connectivity index (χ0) is 7.94. The van der Waals surface area contributed by atoms with Crippen molar-refractivity contribution in [2.45, 2.75) is 19.8 Å². The number of allylic oxidation sites excluding steroid dienone is 8. The summed E-state index contributed by atoms with van der Waals surface area (Å²) in [4.78, 5) is 0. The van der Waals surface area contributed by atoms with Gasteiger partial charge in [0.15, 0.2) is 0 Å². The fourth-order valence-electron chi connectivity index (χ4n) is 0.981. The van der Waals surface area contributed by atoms with Gasteiger partial charge in [-0.15, -0.1) is 0 Å². The minimum Gasteiger partial charge on any atom is -0.0848 e. The Kier molecular flexibility index (Phi) is 3.46. The molecular formula is C11H14. The van der Waals surface area contributed by atoms with E-state index < -0.39 is 0 Å². The second-order valence-electron chi connectivity index (χ2n) is 2.57. The zero-order valence-corrected chi connectivity index (χ0v) is 6.96. The molecule has 0 unspecified atom stereocenters. The van der Waals surface area contributed by atoms with Crippen LogP contribution in [0.2, 0.25) is 0 Å². The minimum absolute atomic E-state index is 1.09. The van der Waals surface area contributed by atoms with Crippen molar-refractivity contribution in [1.82, 2.24) is 0 Å². The van der Waals surface area contributed by atoms with Crippen molar-refractivity contribution >= 4 is 0 Å². The molecule has 1 rings (SSSR count). The maximum atomic E-state index is 2.17. The first kappa shape index (κ1) is 8.06. The molecule has 0 nitrogen and oxygen atoms in total. The Labute approximate surface area is 68.6 Å². The molecule has 0 heteroatoms. The normalized spacial score (nSPS) is 17.0. The van der Waals surface area contributed by atoms with Crippen molar-refractivity contribution in [2.75, 3.05) is 0 Å². The topological polar surface area (TPSA) is 0 Å². The van der Waals surface area contributed by atoms with Crippen LogP contribution in [0.3, 0.4) is 0 Å². The molecule has 1 aliphatic rings. The van der Waals surface area contributed by atoms with Crippen molar-refractivity contribution in [3.05, 3.63) is 48.1 Å². The van der Waals surface area contributed by atoms with Gasteiger partial charge in [0, 0.05) is 0 Å². The number of rotatable bonds is 3. The number of hydrogen-bond donors (Lipinski definition) is 0. The van der Waals surface area contributed by atoms with E-state index in [0.29, 0.717) is 0 Å². The van der Waals surface area contributed by atoms with Gasteiger partial charge in [-0.25, -0.2) is 0 Å². The summed E-state index contributed by atoms with van der Waals surface area (Å²) in [7, 11) is 0. The molecule has 0 aromatic rings. The van der Waals surface area contributed by atoms with E-state index in [1.54, 1.807) is 0 Å². The van der Waals surface area contributed by atoms with E-state index in [1.807, 2.05) is 0 Å². The van der Waals surface area contributed by atoms with Gasteiger partial charge in [0.1, 0.15) is 0 Å². The highest BCUT2D eigenvalue weighted by Crippen LogP contribution is 2.10. The molecule has 58 valence electrons. The van der Waals surface area contributed by atoms with Gasteiger partial charge in [-0.05, 0) is 18.4 Å².